The van der Waals surface area contributed by atoms with E-state index in [9.17, 15) is 0 Å². The van der Waals surface area contributed by atoms with Crippen LogP contribution in [0.15, 0.2) is 60.3 Å². The van der Waals surface area contributed by atoms with Gasteiger partial charge < -0.3 is 0 Å². The van der Waals surface area contributed by atoms with E-state index >= 15 is 0 Å². The van der Waals surface area contributed by atoms with Crippen LogP contribution in [0.5, 0.6) is 0 Å². The minimum absolute atomic E-state index is 0.242. The van der Waals surface area contributed by atoms with Gasteiger partial charge in [-0.1, -0.05) is 103 Å². The van der Waals surface area contributed by atoms with Crippen LogP contribution in [0.3, 0.4) is 0 Å². The van der Waals surface area contributed by atoms with Crippen molar-refractivity contribution in [2.45, 2.75) is 86.5 Å². The Kier molecular flexibility index (Phi) is 6.82. The maximum absolute atomic E-state index is 3.93. The van der Waals surface area contributed by atoms with Crippen LogP contribution in [-0.2, 0) is 0 Å². The second-order valence-electron chi connectivity index (χ2n) is 13.4. The number of hydrogen-bond donors (Lipinski definition) is 0. The van der Waals surface area contributed by atoms with E-state index in [1.165, 1.54) is 44.9 Å². The van der Waals surface area contributed by atoms with Crippen molar-refractivity contribution in [2.24, 2.45) is 52.3 Å². The van der Waals surface area contributed by atoms with Crippen molar-refractivity contribution in [1.82, 2.24) is 0 Å². The Morgan fingerprint density at radius 3 is 1.72 bits per heavy atom. The first-order valence-electron chi connectivity index (χ1n) is 13.5. The molecule has 0 heteroatoms. The van der Waals surface area contributed by atoms with Gasteiger partial charge in [-0.3, -0.25) is 0 Å². The second kappa shape index (κ2) is 9.15. The molecule has 2 saturated carbocycles. The fraction of sp³-hybridized carbons (Fsp3) is 0.688. The van der Waals surface area contributed by atoms with Crippen LogP contribution in [0.1, 0.15) is 86.5 Å². The van der Waals surface area contributed by atoms with Crippen molar-refractivity contribution < 1.29 is 0 Å². The van der Waals surface area contributed by atoms with Gasteiger partial charge in [0, 0.05) is 0 Å². The number of allylic oxidation sites excluding steroid dienone is 9. The van der Waals surface area contributed by atoms with E-state index in [4.69, 9.17) is 0 Å². The predicted octanol–water partition coefficient (Wildman–Crippen LogP) is 9.33. The molecule has 0 radical (unpaired) electrons. The zero-order valence-corrected chi connectivity index (χ0v) is 21.7. The Labute approximate surface area is 199 Å². The quantitative estimate of drug-likeness (QED) is 0.367. The molecule has 0 spiro atoms. The fourth-order valence-electron chi connectivity index (χ4n) is 7.15. The van der Waals surface area contributed by atoms with E-state index in [1.807, 2.05) is 0 Å². The molecule has 6 unspecified atom stereocenters. The number of fused-ring (bicyclic) bond motifs is 3. The summed E-state index contributed by atoms with van der Waals surface area (Å²) in [4.78, 5) is 0. The monoisotopic (exact) mass is 432 g/mol. The molecule has 0 amide bonds. The molecule has 0 nitrogen and oxygen atoms in total. The van der Waals surface area contributed by atoms with Crippen LogP contribution >= 0.6 is 0 Å². The average molecular weight is 433 g/mol. The van der Waals surface area contributed by atoms with E-state index < -0.39 is 0 Å². The molecule has 4 aliphatic carbocycles. The van der Waals surface area contributed by atoms with Gasteiger partial charge in [0.25, 0.3) is 0 Å². The van der Waals surface area contributed by atoms with E-state index in [1.54, 1.807) is 11.1 Å². The van der Waals surface area contributed by atoms with E-state index in [-0.39, 0.29) is 10.8 Å². The first-order valence-corrected chi connectivity index (χ1v) is 13.5. The SMILES string of the molecule is C=CCCC1CCC(CCC2C3C=C(C(C)(C)C)C=CC3C3C=CC(C(C)(C)C)=CC32)C1. The summed E-state index contributed by atoms with van der Waals surface area (Å²) in [6.07, 6.45) is 27.4. The third-order valence-corrected chi connectivity index (χ3v) is 9.13. The van der Waals surface area contributed by atoms with Gasteiger partial charge >= 0.3 is 0 Å². The third kappa shape index (κ3) is 4.95. The minimum atomic E-state index is 0.242. The molecular formula is C32H48. The lowest BCUT2D eigenvalue weighted by Gasteiger charge is -2.31. The first-order chi connectivity index (χ1) is 15.1. The van der Waals surface area contributed by atoms with E-state index in [0.717, 1.165) is 17.8 Å². The van der Waals surface area contributed by atoms with E-state index in [0.29, 0.717) is 23.7 Å². The predicted molar refractivity (Wildman–Crippen MR) is 140 cm³/mol. The van der Waals surface area contributed by atoms with Crippen LogP contribution in [0.2, 0.25) is 0 Å². The van der Waals surface area contributed by atoms with Gasteiger partial charge in [0.05, 0.1) is 0 Å². The Balaban J connectivity index is 1.54. The lowest BCUT2D eigenvalue weighted by molar-refractivity contribution is 0.304. The lowest BCUT2D eigenvalue weighted by Crippen LogP contribution is -2.21. The highest BCUT2D eigenvalue weighted by Crippen LogP contribution is 2.56. The van der Waals surface area contributed by atoms with Crippen LogP contribution in [0.25, 0.3) is 0 Å². The zero-order valence-electron chi connectivity index (χ0n) is 21.7. The highest BCUT2D eigenvalue weighted by Gasteiger charge is 2.48. The zero-order chi connectivity index (χ0) is 23.1. The van der Waals surface area contributed by atoms with Gasteiger partial charge in [-0.15, -0.1) is 6.58 Å². The van der Waals surface area contributed by atoms with Crippen molar-refractivity contribution in [3.05, 3.63) is 60.3 Å². The molecule has 0 aromatic rings. The standard InChI is InChI=1S/C32H48/c1-8-9-10-22-11-12-23(19-22)13-16-28-29-20-24(31(2,3)4)14-17-26(29)27-18-15-25(21-30(27)28)32(5,6)7/h8,14-15,17-18,20-23,26-30H,1,9-13,16,19H2,2-7H3. The van der Waals surface area contributed by atoms with Crippen LogP contribution in [-0.4, -0.2) is 0 Å². The largest absolute Gasteiger partial charge is 0.103 e. The molecule has 0 heterocycles. The Hall–Kier alpha value is -1.30. The second-order valence-corrected chi connectivity index (χ2v) is 13.4. The normalized spacial score (nSPS) is 36.5. The molecule has 176 valence electrons. The van der Waals surface area contributed by atoms with Crippen molar-refractivity contribution in [3.8, 4) is 0 Å². The highest BCUT2D eigenvalue weighted by molar-refractivity contribution is 5.38. The molecule has 0 aliphatic heterocycles. The van der Waals surface area contributed by atoms with Gasteiger partial charge in [-0.05, 0) is 89.1 Å². The topological polar surface area (TPSA) is 0 Å². The maximum Gasteiger partial charge on any atom is -0.00954 e. The van der Waals surface area contributed by atoms with Crippen molar-refractivity contribution >= 4 is 0 Å². The summed E-state index contributed by atoms with van der Waals surface area (Å²) in [7, 11) is 0. The van der Waals surface area contributed by atoms with Crippen LogP contribution < -0.4 is 0 Å². The summed E-state index contributed by atoms with van der Waals surface area (Å²) in [6.45, 7) is 18.2. The van der Waals surface area contributed by atoms with Gasteiger partial charge in [-0.25, -0.2) is 0 Å². The van der Waals surface area contributed by atoms with Crippen LogP contribution in [0.4, 0.5) is 0 Å². The van der Waals surface area contributed by atoms with Crippen LogP contribution in [0, 0.1) is 52.3 Å². The Morgan fingerprint density at radius 2 is 1.25 bits per heavy atom. The smallest absolute Gasteiger partial charge is 0.00954 e. The minimum Gasteiger partial charge on any atom is -0.103 e. The van der Waals surface area contributed by atoms with Gasteiger partial charge in [0.1, 0.15) is 0 Å². The fourth-order valence-corrected chi connectivity index (χ4v) is 7.15. The summed E-state index contributed by atoms with van der Waals surface area (Å²) >= 11 is 0. The molecule has 32 heavy (non-hydrogen) atoms. The molecule has 6 atom stereocenters. The highest BCUT2D eigenvalue weighted by atomic mass is 14.5. The Morgan fingerprint density at radius 1 is 0.750 bits per heavy atom. The average Bonchev–Trinajstić information content (AvgIpc) is 3.30. The molecule has 2 fully saturated rings. The van der Waals surface area contributed by atoms with Crippen molar-refractivity contribution in [2.75, 3.05) is 0 Å². The molecule has 4 rings (SSSR count). The Bertz CT molecular complexity index is 750. The van der Waals surface area contributed by atoms with Crippen molar-refractivity contribution in [1.29, 1.82) is 0 Å². The van der Waals surface area contributed by atoms with E-state index in [2.05, 4.69) is 90.7 Å². The summed E-state index contributed by atoms with van der Waals surface area (Å²) in [6, 6.07) is 0. The summed E-state index contributed by atoms with van der Waals surface area (Å²) in [5, 5.41) is 0. The van der Waals surface area contributed by atoms with Gasteiger partial charge in [0.15, 0.2) is 0 Å². The lowest BCUT2D eigenvalue weighted by atomic mass is 9.74. The first kappa shape index (κ1) is 23.8. The van der Waals surface area contributed by atoms with Gasteiger partial charge in [-0.2, -0.15) is 0 Å². The number of rotatable bonds is 6. The molecule has 0 aromatic heterocycles. The summed E-state index contributed by atoms with van der Waals surface area (Å²) < 4.78 is 0. The molecule has 4 aliphatic rings. The third-order valence-electron chi connectivity index (χ3n) is 9.13. The molecule has 0 bridgehead atoms. The van der Waals surface area contributed by atoms with Gasteiger partial charge in [0.2, 0.25) is 0 Å². The molecule has 0 saturated heterocycles. The molecule has 0 N–H and O–H groups in total. The maximum atomic E-state index is 3.93. The molecular weight excluding hydrogens is 384 g/mol. The van der Waals surface area contributed by atoms with Crippen molar-refractivity contribution in [3.63, 3.8) is 0 Å². The summed E-state index contributed by atoms with van der Waals surface area (Å²) in [5.41, 5.74) is 3.59. The number of hydrogen-bond acceptors (Lipinski definition) is 0. The summed E-state index contributed by atoms with van der Waals surface area (Å²) in [5.74, 6) is 5.50. The molecule has 0 aromatic carbocycles.